The van der Waals surface area contributed by atoms with Crippen LogP contribution in [0.1, 0.15) is 27.2 Å². The maximum atomic E-state index is 12.7. The van der Waals surface area contributed by atoms with Gasteiger partial charge in [-0.25, -0.2) is 14.6 Å². The van der Waals surface area contributed by atoms with Crippen molar-refractivity contribution in [1.82, 2.24) is 19.9 Å². The first-order chi connectivity index (χ1) is 15.2. The predicted molar refractivity (Wildman–Crippen MR) is 118 cm³/mol. The molecule has 32 heavy (non-hydrogen) atoms. The summed E-state index contributed by atoms with van der Waals surface area (Å²) < 4.78 is 17.4. The van der Waals surface area contributed by atoms with E-state index in [0.29, 0.717) is 17.4 Å². The average Bonchev–Trinajstić information content (AvgIpc) is 3.40. The molecule has 1 saturated heterocycles. The highest BCUT2D eigenvalue weighted by Crippen LogP contribution is 2.33. The van der Waals surface area contributed by atoms with Crippen molar-refractivity contribution in [2.45, 2.75) is 44.9 Å². The molecule has 3 aromatic rings. The van der Waals surface area contributed by atoms with Gasteiger partial charge in [0.05, 0.1) is 19.2 Å². The van der Waals surface area contributed by atoms with Gasteiger partial charge in [-0.1, -0.05) is 6.07 Å². The molecule has 9 nitrogen and oxygen atoms in total. The van der Waals surface area contributed by atoms with Crippen molar-refractivity contribution in [2.24, 2.45) is 0 Å². The van der Waals surface area contributed by atoms with Crippen LogP contribution in [-0.2, 0) is 14.3 Å². The average molecular weight is 457 g/mol. The second-order valence-electron chi connectivity index (χ2n) is 8.35. The Hall–Kier alpha value is -3.27. The van der Waals surface area contributed by atoms with E-state index in [2.05, 4.69) is 15.0 Å². The third kappa shape index (κ3) is 4.64. The van der Waals surface area contributed by atoms with Crippen LogP contribution < -0.4 is 4.74 Å². The number of nitrogens with zero attached hydrogens (tertiary/aromatic N) is 4. The first-order valence-electron chi connectivity index (χ1n) is 10.2. The smallest absolute Gasteiger partial charge is 0.411 e. The van der Waals surface area contributed by atoms with Gasteiger partial charge in [-0.3, -0.25) is 9.88 Å². The van der Waals surface area contributed by atoms with Crippen LogP contribution in [0.2, 0.25) is 0 Å². The molecule has 0 aliphatic carbocycles. The number of hydrogen-bond donors (Lipinski definition) is 0. The molecule has 0 bridgehead atoms. The van der Waals surface area contributed by atoms with Crippen LogP contribution in [0.25, 0.3) is 21.7 Å². The van der Waals surface area contributed by atoms with Crippen LogP contribution in [0.4, 0.5) is 4.79 Å². The number of fused-ring (bicyclic) bond motifs is 1. The Morgan fingerprint density at radius 2 is 2.00 bits per heavy atom. The molecule has 0 saturated carbocycles. The number of amides is 1. The number of hydrogen-bond acceptors (Lipinski definition) is 9. The normalized spacial score (nSPS) is 18.6. The molecule has 4 heterocycles. The van der Waals surface area contributed by atoms with Gasteiger partial charge in [0.15, 0.2) is 5.82 Å². The van der Waals surface area contributed by atoms with Crippen LogP contribution >= 0.6 is 11.3 Å². The topological polar surface area (TPSA) is 104 Å². The van der Waals surface area contributed by atoms with Crippen molar-refractivity contribution >= 4 is 33.6 Å². The Bertz CT molecular complexity index is 1130. The fraction of sp³-hybridized carbons (Fsp3) is 0.409. The quantitative estimate of drug-likeness (QED) is 0.548. The lowest BCUT2D eigenvalue weighted by Crippen LogP contribution is -2.44. The largest absolute Gasteiger partial charge is 0.471 e. The molecule has 1 aliphatic rings. The summed E-state index contributed by atoms with van der Waals surface area (Å²) in [5, 5.41) is 1.91. The summed E-state index contributed by atoms with van der Waals surface area (Å²) in [6.07, 6.45) is 0.885. The molecule has 2 atom stereocenters. The van der Waals surface area contributed by atoms with Gasteiger partial charge in [0.25, 0.3) is 0 Å². The minimum atomic E-state index is -0.796. The van der Waals surface area contributed by atoms with Gasteiger partial charge in [-0.15, -0.1) is 11.3 Å². The molecular weight excluding hydrogens is 432 g/mol. The summed E-state index contributed by atoms with van der Waals surface area (Å²) in [4.78, 5) is 39.9. The SMILES string of the molecule is COC(=O)C1C[C@@H](Oc2nc(-c3ccccn3)nc3ccsc23)CN1C(=O)OC(C)(C)C. The van der Waals surface area contributed by atoms with Crippen molar-refractivity contribution in [3.8, 4) is 17.4 Å². The van der Waals surface area contributed by atoms with E-state index in [9.17, 15) is 9.59 Å². The maximum absolute atomic E-state index is 12.7. The Labute approximate surface area is 189 Å². The molecule has 168 valence electrons. The maximum Gasteiger partial charge on any atom is 0.411 e. The minimum Gasteiger partial charge on any atom is -0.471 e. The molecule has 1 fully saturated rings. The number of rotatable bonds is 4. The number of thiophene rings is 1. The molecule has 3 aromatic heterocycles. The third-order valence-corrected chi connectivity index (χ3v) is 5.70. The van der Waals surface area contributed by atoms with E-state index < -0.39 is 29.8 Å². The standard InChI is InChI=1S/C22H24N4O5S/c1-22(2,3)31-21(28)26-12-13(11-16(26)20(27)29-4)30-19-17-14(8-10-32-17)24-18(25-19)15-7-5-6-9-23-15/h5-10,13,16H,11-12H2,1-4H3/t13-,16?/m1/s1. The van der Waals surface area contributed by atoms with Crippen LogP contribution in [-0.4, -0.2) is 63.3 Å². The van der Waals surface area contributed by atoms with E-state index >= 15 is 0 Å². The molecule has 1 aliphatic heterocycles. The summed E-state index contributed by atoms with van der Waals surface area (Å²) in [5.41, 5.74) is 0.677. The Morgan fingerprint density at radius 1 is 1.19 bits per heavy atom. The van der Waals surface area contributed by atoms with Gasteiger partial charge in [0.2, 0.25) is 5.88 Å². The zero-order valence-electron chi connectivity index (χ0n) is 18.3. The molecule has 10 heteroatoms. The highest BCUT2D eigenvalue weighted by molar-refractivity contribution is 7.17. The summed E-state index contributed by atoms with van der Waals surface area (Å²) in [6.45, 7) is 5.49. The first kappa shape index (κ1) is 21.9. The lowest BCUT2D eigenvalue weighted by Gasteiger charge is -2.27. The number of aromatic nitrogens is 3. The zero-order chi connectivity index (χ0) is 22.9. The van der Waals surface area contributed by atoms with Gasteiger partial charge in [0, 0.05) is 12.6 Å². The monoisotopic (exact) mass is 456 g/mol. The number of pyridine rings is 1. The summed E-state index contributed by atoms with van der Waals surface area (Å²) >= 11 is 1.46. The molecule has 1 unspecified atom stereocenters. The summed E-state index contributed by atoms with van der Waals surface area (Å²) in [5.74, 6) is 0.323. The Balaban J connectivity index is 1.62. The van der Waals surface area contributed by atoms with Crippen molar-refractivity contribution in [1.29, 1.82) is 0 Å². The molecule has 0 radical (unpaired) electrons. The van der Waals surface area contributed by atoms with Crippen molar-refractivity contribution in [3.05, 3.63) is 35.8 Å². The van der Waals surface area contributed by atoms with Gasteiger partial charge in [-0.05, 0) is 44.4 Å². The van der Waals surface area contributed by atoms with Crippen LogP contribution in [0.5, 0.6) is 5.88 Å². The van der Waals surface area contributed by atoms with Crippen LogP contribution in [0, 0.1) is 0 Å². The van der Waals surface area contributed by atoms with Crippen molar-refractivity contribution in [2.75, 3.05) is 13.7 Å². The molecule has 1 amide bonds. The predicted octanol–water partition coefficient (Wildman–Crippen LogP) is 3.68. The van der Waals surface area contributed by atoms with Gasteiger partial charge < -0.3 is 14.2 Å². The fourth-order valence-corrected chi connectivity index (χ4v) is 4.21. The zero-order valence-corrected chi connectivity index (χ0v) is 19.1. The van der Waals surface area contributed by atoms with E-state index in [4.69, 9.17) is 14.2 Å². The summed E-state index contributed by atoms with van der Waals surface area (Å²) in [7, 11) is 1.29. The van der Waals surface area contributed by atoms with E-state index in [1.54, 1.807) is 27.0 Å². The first-order valence-corrected chi connectivity index (χ1v) is 11.0. The van der Waals surface area contributed by atoms with E-state index in [0.717, 1.165) is 10.2 Å². The van der Waals surface area contributed by atoms with E-state index in [1.807, 2.05) is 29.6 Å². The lowest BCUT2D eigenvalue weighted by molar-refractivity contribution is -0.145. The number of likely N-dealkylation sites (tertiary alicyclic amines) is 1. The lowest BCUT2D eigenvalue weighted by atomic mass is 10.2. The fourth-order valence-electron chi connectivity index (χ4n) is 3.45. The number of esters is 1. The van der Waals surface area contributed by atoms with Crippen LogP contribution in [0.15, 0.2) is 35.8 Å². The van der Waals surface area contributed by atoms with E-state index in [-0.39, 0.29) is 13.0 Å². The molecule has 0 aromatic carbocycles. The molecule has 0 N–H and O–H groups in total. The number of carbonyl (C=O) groups excluding carboxylic acids is 2. The summed E-state index contributed by atoms with van der Waals surface area (Å²) in [6, 6.07) is 6.60. The van der Waals surface area contributed by atoms with Gasteiger partial charge in [0.1, 0.15) is 28.1 Å². The molecule has 4 rings (SSSR count). The van der Waals surface area contributed by atoms with Gasteiger partial charge in [-0.2, -0.15) is 4.98 Å². The molecular formula is C22H24N4O5S. The second-order valence-corrected chi connectivity index (χ2v) is 9.27. The Morgan fingerprint density at radius 3 is 2.69 bits per heavy atom. The molecule has 0 spiro atoms. The highest BCUT2D eigenvalue weighted by atomic mass is 32.1. The second kappa shape index (κ2) is 8.70. The Kier molecular flexibility index (Phi) is 5.96. The van der Waals surface area contributed by atoms with Crippen molar-refractivity contribution in [3.63, 3.8) is 0 Å². The number of ether oxygens (including phenoxy) is 3. The highest BCUT2D eigenvalue weighted by Gasteiger charge is 2.43. The van der Waals surface area contributed by atoms with Gasteiger partial charge >= 0.3 is 12.1 Å². The van der Waals surface area contributed by atoms with E-state index in [1.165, 1.54) is 23.3 Å². The number of carbonyl (C=O) groups is 2. The third-order valence-electron chi connectivity index (χ3n) is 4.81. The number of methoxy groups -OCH3 is 1. The minimum absolute atomic E-state index is 0.171. The van der Waals surface area contributed by atoms with Crippen LogP contribution in [0.3, 0.4) is 0 Å². The van der Waals surface area contributed by atoms with Crippen molar-refractivity contribution < 1.29 is 23.8 Å².